The summed E-state index contributed by atoms with van der Waals surface area (Å²) in [4.78, 5) is 31.1. The van der Waals surface area contributed by atoms with Crippen LogP contribution in [0, 0.1) is 0 Å². The Balaban J connectivity index is 1.66. The summed E-state index contributed by atoms with van der Waals surface area (Å²) >= 11 is 1.71. The van der Waals surface area contributed by atoms with Crippen molar-refractivity contribution in [2.24, 2.45) is 0 Å². The fraction of sp³-hybridized carbons (Fsp3) is 0.250. The van der Waals surface area contributed by atoms with E-state index in [2.05, 4.69) is 17.6 Å². The number of thioether (sulfide) groups is 1. The third-order valence-corrected chi connectivity index (χ3v) is 6.57. The number of nitrogens with one attached hydrogen (secondary N) is 2. The molecule has 0 saturated heterocycles. The average molecular weight is 487 g/mol. The number of anilines is 1. The first-order valence-electron chi connectivity index (χ1n) is 11.8. The molecule has 0 bridgehead atoms. The Morgan fingerprint density at radius 3 is 2.46 bits per heavy atom. The highest BCUT2D eigenvalue weighted by Gasteiger charge is 2.24. The molecule has 2 N–H and O–H groups in total. The molecule has 0 aliphatic rings. The molecular weight excluding hydrogens is 456 g/mol. The normalized spacial score (nSPS) is 11.8. The number of carbonyl (C=O) groups excluding carboxylic acids is 2. The minimum absolute atomic E-state index is 0.102. The Hall–Kier alpha value is -3.58. The second-order valence-corrected chi connectivity index (χ2v) is 9.26. The molecule has 4 aromatic rings. The highest BCUT2D eigenvalue weighted by atomic mass is 32.2. The molecular formula is C28H30N4O2S. The highest BCUT2D eigenvalue weighted by Crippen LogP contribution is 2.25. The van der Waals surface area contributed by atoms with Crippen LogP contribution in [0.3, 0.4) is 0 Å². The Morgan fingerprint density at radius 1 is 0.971 bits per heavy atom. The van der Waals surface area contributed by atoms with Crippen LogP contribution >= 0.6 is 11.8 Å². The van der Waals surface area contributed by atoms with Gasteiger partial charge in [0, 0.05) is 11.3 Å². The Bertz CT molecular complexity index is 1300. The third kappa shape index (κ3) is 5.92. The number of fused-ring (bicyclic) bond motifs is 1. The van der Waals surface area contributed by atoms with Crippen molar-refractivity contribution in [2.75, 3.05) is 17.3 Å². The standard InChI is InChI=1S/C28H30N4O2S/c1-3-20-11-7-8-14-22(20)29-26(33)19-32-25-16-10-9-15-23(25)30-27(32)24(17-18-35-2)31-28(34)21-12-5-4-6-13-21/h4-16,24H,3,17-19H2,1-2H3,(H,29,33)(H,31,34)/t24-/m0/s1. The molecule has 35 heavy (non-hydrogen) atoms. The van der Waals surface area contributed by atoms with E-state index in [1.165, 1.54) is 0 Å². The Labute approximate surface area is 210 Å². The van der Waals surface area contributed by atoms with E-state index in [1.807, 2.05) is 77.6 Å². The summed E-state index contributed by atoms with van der Waals surface area (Å²) in [5.74, 6) is 1.24. The van der Waals surface area contributed by atoms with Crippen molar-refractivity contribution in [3.63, 3.8) is 0 Å². The van der Waals surface area contributed by atoms with Crippen molar-refractivity contribution >= 4 is 40.3 Å². The van der Waals surface area contributed by atoms with Gasteiger partial charge in [0.05, 0.1) is 17.1 Å². The van der Waals surface area contributed by atoms with Gasteiger partial charge in [-0.15, -0.1) is 0 Å². The molecule has 6 nitrogen and oxygen atoms in total. The molecule has 0 aliphatic heterocycles. The van der Waals surface area contributed by atoms with Gasteiger partial charge in [-0.1, -0.05) is 55.5 Å². The van der Waals surface area contributed by atoms with E-state index in [-0.39, 0.29) is 24.4 Å². The molecule has 0 unspecified atom stereocenters. The van der Waals surface area contributed by atoms with Gasteiger partial charge in [-0.05, 0) is 60.7 Å². The maximum atomic E-state index is 13.2. The number of aryl methyl sites for hydroxylation is 1. The first kappa shape index (κ1) is 24.5. The SMILES string of the molecule is CCc1ccccc1NC(=O)Cn1c([C@H](CCSC)NC(=O)c2ccccc2)nc2ccccc21. The first-order chi connectivity index (χ1) is 17.1. The van der Waals surface area contributed by atoms with Crippen LogP contribution in [0.4, 0.5) is 5.69 Å². The van der Waals surface area contributed by atoms with Crippen molar-refractivity contribution in [3.8, 4) is 0 Å². The summed E-state index contributed by atoms with van der Waals surface area (Å²) < 4.78 is 1.93. The van der Waals surface area contributed by atoms with Crippen molar-refractivity contribution in [3.05, 3.63) is 95.8 Å². The number of aromatic nitrogens is 2. The van der Waals surface area contributed by atoms with Crippen LogP contribution < -0.4 is 10.6 Å². The van der Waals surface area contributed by atoms with Crippen LogP contribution in [0.25, 0.3) is 11.0 Å². The smallest absolute Gasteiger partial charge is 0.251 e. The maximum absolute atomic E-state index is 13.2. The number of imidazole rings is 1. The second-order valence-electron chi connectivity index (χ2n) is 8.28. The molecule has 2 amide bonds. The van der Waals surface area contributed by atoms with Gasteiger partial charge in [-0.25, -0.2) is 4.98 Å². The number of benzene rings is 3. The fourth-order valence-corrected chi connectivity index (χ4v) is 4.61. The summed E-state index contributed by atoms with van der Waals surface area (Å²) in [5.41, 5.74) is 4.17. The quantitative estimate of drug-likeness (QED) is 0.312. The van der Waals surface area contributed by atoms with E-state index >= 15 is 0 Å². The van der Waals surface area contributed by atoms with E-state index in [0.717, 1.165) is 34.5 Å². The van der Waals surface area contributed by atoms with Crippen molar-refractivity contribution in [2.45, 2.75) is 32.4 Å². The topological polar surface area (TPSA) is 76.0 Å². The molecule has 1 heterocycles. The Morgan fingerprint density at radius 2 is 1.69 bits per heavy atom. The summed E-state index contributed by atoms with van der Waals surface area (Å²) in [6.45, 7) is 2.17. The summed E-state index contributed by atoms with van der Waals surface area (Å²) in [5, 5.41) is 6.22. The van der Waals surface area contributed by atoms with Gasteiger partial charge < -0.3 is 15.2 Å². The second kappa shape index (κ2) is 11.7. The molecule has 1 atom stereocenters. The molecule has 7 heteroatoms. The van der Waals surface area contributed by atoms with Crippen LogP contribution in [0.5, 0.6) is 0 Å². The van der Waals surface area contributed by atoms with Crippen molar-refractivity contribution in [1.82, 2.24) is 14.9 Å². The third-order valence-electron chi connectivity index (χ3n) is 5.92. The predicted molar refractivity (Wildman–Crippen MR) is 144 cm³/mol. The number of nitrogens with zero attached hydrogens (tertiary/aromatic N) is 2. The molecule has 0 spiro atoms. The lowest BCUT2D eigenvalue weighted by Gasteiger charge is -2.20. The van der Waals surface area contributed by atoms with Crippen LogP contribution in [0.1, 0.15) is 41.1 Å². The largest absolute Gasteiger partial charge is 0.342 e. The minimum atomic E-state index is -0.335. The van der Waals surface area contributed by atoms with Crippen molar-refractivity contribution in [1.29, 1.82) is 0 Å². The van der Waals surface area contributed by atoms with Gasteiger partial charge in [0.15, 0.2) is 0 Å². The molecule has 1 aromatic heterocycles. The first-order valence-corrected chi connectivity index (χ1v) is 13.2. The van der Waals surface area contributed by atoms with Gasteiger partial charge in [0.25, 0.3) is 5.91 Å². The van der Waals surface area contributed by atoms with Gasteiger partial charge in [0.1, 0.15) is 12.4 Å². The maximum Gasteiger partial charge on any atom is 0.251 e. The lowest BCUT2D eigenvalue weighted by Crippen LogP contribution is -2.32. The lowest BCUT2D eigenvalue weighted by atomic mass is 10.1. The van der Waals surface area contributed by atoms with E-state index in [1.54, 1.807) is 23.9 Å². The average Bonchev–Trinajstić information content (AvgIpc) is 3.25. The number of rotatable bonds is 10. The zero-order valence-electron chi connectivity index (χ0n) is 20.0. The molecule has 0 aliphatic carbocycles. The van der Waals surface area contributed by atoms with E-state index in [9.17, 15) is 9.59 Å². The van der Waals surface area contributed by atoms with Crippen LogP contribution in [0.2, 0.25) is 0 Å². The van der Waals surface area contributed by atoms with Gasteiger partial charge in [-0.3, -0.25) is 9.59 Å². The summed E-state index contributed by atoms with van der Waals surface area (Å²) in [6.07, 6.45) is 3.57. The molecule has 3 aromatic carbocycles. The Kier molecular flexibility index (Phi) is 8.21. The summed E-state index contributed by atoms with van der Waals surface area (Å²) in [7, 11) is 0. The molecule has 0 saturated carbocycles. The lowest BCUT2D eigenvalue weighted by molar-refractivity contribution is -0.116. The molecule has 4 rings (SSSR count). The number of para-hydroxylation sites is 3. The van der Waals surface area contributed by atoms with Gasteiger partial charge >= 0.3 is 0 Å². The predicted octanol–water partition coefficient (Wildman–Crippen LogP) is 5.46. The van der Waals surface area contributed by atoms with Gasteiger partial charge in [0.2, 0.25) is 5.91 Å². The minimum Gasteiger partial charge on any atom is -0.342 e. The zero-order valence-corrected chi connectivity index (χ0v) is 20.8. The monoisotopic (exact) mass is 486 g/mol. The fourth-order valence-electron chi connectivity index (χ4n) is 4.14. The number of carbonyl (C=O) groups is 2. The van der Waals surface area contributed by atoms with E-state index in [4.69, 9.17) is 4.98 Å². The molecule has 0 radical (unpaired) electrons. The number of amides is 2. The van der Waals surface area contributed by atoms with E-state index < -0.39 is 0 Å². The zero-order chi connectivity index (χ0) is 24.6. The van der Waals surface area contributed by atoms with Crippen LogP contribution in [-0.4, -0.2) is 33.4 Å². The number of hydrogen-bond acceptors (Lipinski definition) is 4. The molecule has 180 valence electrons. The molecule has 0 fully saturated rings. The highest BCUT2D eigenvalue weighted by molar-refractivity contribution is 7.98. The van der Waals surface area contributed by atoms with Crippen LogP contribution in [0.15, 0.2) is 78.9 Å². The summed E-state index contributed by atoms with van der Waals surface area (Å²) in [6, 6.07) is 24.4. The van der Waals surface area contributed by atoms with Gasteiger partial charge in [-0.2, -0.15) is 11.8 Å². The van der Waals surface area contributed by atoms with Crippen LogP contribution in [-0.2, 0) is 17.8 Å². The van der Waals surface area contributed by atoms with Crippen molar-refractivity contribution < 1.29 is 9.59 Å². The number of hydrogen-bond donors (Lipinski definition) is 2. The van der Waals surface area contributed by atoms with E-state index in [0.29, 0.717) is 17.8 Å².